The van der Waals surface area contributed by atoms with Crippen molar-refractivity contribution in [2.75, 3.05) is 23.7 Å². The van der Waals surface area contributed by atoms with E-state index in [4.69, 9.17) is 0 Å². The average Bonchev–Trinajstić information content (AvgIpc) is 3.17. The molecule has 2 rings (SSSR count). The number of hydrogen-bond acceptors (Lipinski definition) is 10. The molecule has 0 aliphatic rings. The van der Waals surface area contributed by atoms with Crippen molar-refractivity contribution in [1.82, 2.24) is 26.3 Å². The van der Waals surface area contributed by atoms with Crippen LogP contribution in [0.15, 0.2) is 24.3 Å². The second-order valence-corrected chi connectivity index (χ2v) is 8.35. The molecule has 36 heavy (non-hydrogen) atoms. The van der Waals surface area contributed by atoms with Gasteiger partial charge in [-0.05, 0) is 30.5 Å². The molecular weight excluding hydrogens is 494 g/mol. The molecule has 0 saturated heterocycles. The van der Waals surface area contributed by atoms with E-state index < -0.39 is 18.5 Å². The maximum atomic E-state index is 12.6. The average molecular weight is 520 g/mol. The second kappa shape index (κ2) is 13.5. The second-order valence-electron chi connectivity index (χ2n) is 7.35. The van der Waals surface area contributed by atoms with E-state index in [2.05, 4.69) is 26.3 Å². The van der Waals surface area contributed by atoms with Crippen LogP contribution in [0.2, 0.25) is 0 Å². The zero-order chi connectivity index (χ0) is 26.7. The Bertz CT molecular complexity index is 1090. The summed E-state index contributed by atoms with van der Waals surface area (Å²) < 4.78 is 0. The fraction of sp³-hybridized carbons (Fsp3) is 0.333. The molecule has 0 fully saturated rings. The summed E-state index contributed by atoms with van der Waals surface area (Å²) in [6.07, 6.45) is -3.89. The Balaban J connectivity index is 2.05. The van der Waals surface area contributed by atoms with Gasteiger partial charge >= 0.3 is 0 Å². The van der Waals surface area contributed by atoms with E-state index in [9.17, 15) is 34.2 Å². The minimum absolute atomic E-state index is 0.210. The molecule has 0 aliphatic carbocycles. The third-order valence-electron chi connectivity index (χ3n) is 4.41. The van der Waals surface area contributed by atoms with Crippen LogP contribution in [0.4, 0.5) is 20.4 Å². The molecule has 2 aromatic rings. The van der Waals surface area contributed by atoms with Crippen LogP contribution < -0.4 is 42.1 Å². The summed E-state index contributed by atoms with van der Waals surface area (Å²) in [5, 5.41) is 35.9. The summed E-state index contributed by atoms with van der Waals surface area (Å²) in [5.41, 5.74) is 1.75. The SMILES string of the molecule is CC(=O)NCCNC(=O)c1sc(NC(C)=O)nc1CCc1ccc(NC(NC(=O)[O-])NC(=O)[O-])cc1. The number of carboxylic acid groups (broad SMARTS) is 2. The third kappa shape index (κ3) is 9.84. The summed E-state index contributed by atoms with van der Waals surface area (Å²) in [6, 6.07) is 6.67. The van der Waals surface area contributed by atoms with Crippen LogP contribution in [0.5, 0.6) is 0 Å². The molecule has 0 aliphatic heterocycles. The Kier molecular flexibility index (Phi) is 10.4. The quantitative estimate of drug-likeness (QED) is 0.139. The number of nitrogens with one attached hydrogen (secondary N) is 6. The molecule has 0 radical (unpaired) electrons. The number of hydrogen-bond donors (Lipinski definition) is 6. The number of carbonyl (C=O) groups excluding carboxylic acids is 5. The van der Waals surface area contributed by atoms with Crippen LogP contribution in [0.3, 0.4) is 0 Å². The molecule has 1 aromatic heterocycles. The fourth-order valence-corrected chi connectivity index (χ4v) is 3.91. The number of rotatable bonds is 12. The van der Waals surface area contributed by atoms with Crippen LogP contribution in [0.1, 0.15) is 34.8 Å². The predicted molar refractivity (Wildman–Crippen MR) is 126 cm³/mol. The molecule has 0 atom stereocenters. The molecule has 0 unspecified atom stereocenters. The Morgan fingerprint density at radius 2 is 1.50 bits per heavy atom. The van der Waals surface area contributed by atoms with Crippen LogP contribution in [0, 0.1) is 0 Å². The van der Waals surface area contributed by atoms with E-state index in [1.54, 1.807) is 24.3 Å². The number of carbonyl (C=O) groups is 5. The van der Waals surface area contributed by atoms with Gasteiger partial charge in [-0.1, -0.05) is 23.5 Å². The van der Waals surface area contributed by atoms with E-state index in [0.29, 0.717) is 29.1 Å². The van der Waals surface area contributed by atoms with Crippen molar-refractivity contribution in [2.45, 2.75) is 33.0 Å². The minimum atomic E-state index is -1.69. The zero-order valence-electron chi connectivity index (χ0n) is 19.4. The van der Waals surface area contributed by atoms with Crippen molar-refractivity contribution < 1.29 is 34.2 Å². The molecule has 5 amide bonds. The first-order chi connectivity index (χ1) is 17.0. The number of benzene rings is 1. The summed E-state index contributed by atoms with van der Waals surface area (Å²) in [6.45, 7) is 3.20. The number of amides is 5. The summed E-state index contributed by atoms with van der Waals surface area (Å²) in [5.74, 6) is -0.913. The molecule has 0 bridgehead atoms. The molecule has 14 nitrogen and oxygen atoms in total. The minimum Gasteiger partial charge on any atom is -0.530 e. The van der Waals surface area contributed by atoms with Gasteiger partial charge in [0.1, 0.15) is 17.1 Å². The molecular formula is C21H25N7O7S-2. The monoisotopic (exact) mass is 519 g/mol. The molecule has 15 heteroatoms. The Morgan fingerprint density at radius 3 is 2.06 bits per heavy atom. The van der Waals surface area contributed by atoms with Crippen LogP contribution in [0.25, 0.3) is 0 Å². The topological polar surface area (TPSA) is 217 Å². The maximum absolute atomic E-state index is 12.6. The summed E-state index contributed by atoms with van der Waals surface area (Å²) in [4.78, 5) is 61.1. The fourth-order valence-electron chi connectivity index (χ4n) is 2.94. The highest BCUT2D eigenvalue weighted by atomic mass is 32.1. The van der Waals surface area contributed by atoms with Gasteiger partial charge < -0.3 is 51.7 Å². The predicted octanol–water partition coefficient (Wildman–Crippen LogP) is -1.69. The van der Waals surface area contributed by atoms with Crippen LogP contribution in [-0.4, -0.2) is 54.3 Å². The van der Waals surface area contributed by atoms with E-state index in [1.165, 1.54) is 13.8 Å². The normalized spacial score (nSPS) is 10.3. The maximum Gasteiger partial charge on any atom is 0.263 e. The number of aryl methyl sites for hydroxylation is 2. The van der Waals surface area contributed by atoms with E-state index >= 15 is 0 Å². The van der Waals surface area contributed by atoms with Gasteiger partial charge in [0.05, 0.1) is 5.69 Å². The lowest BCUT2D eigenvalue weighted by atomic mass is 10.1. The highest BCUT2D eigenvalue weighted by Gasteiger charge is 2.18. The van der Waals surface area contributed by atoms with Gasteiger partial charge in [0.15, 0.2) is 11.4 Å². The molecule has 0 spiro atoms. The Morgan fingerprint density at radius 1 is 0.889 bits per heavy atom. The zero-order valence-corrected chi connectivity index (χ0v) is 20.2. The summed E-state index contributed by atoms with van der Waals surface area (Å²) in [7, 11) is 0. The van der Waals surface area contributed by atoms with Gasteiger partial charge in [-0.25, -0.2) is 4.98 Å². The number of nitrogens with zero attached hydrogens (tertiary/aromatic N) is 1. The van der Waals surface area contributed by atoms with Crippen molar-refractivity contribution in [3.05, 3.63) is 40.4 Å². The van der Waals surface area contributed by atoms with Gasteiger partial charge in [-0.15, -0.1) is 0 Å². The first-order valence-corrected chi connectivity index (χ1v) is 11.5. The number of aromatic nitrogens is 1. The van der Waals surface area contributed by atoms with Crippen LogP contribution in [-0.2, 0) is 22.4 Å². The van der Waals surface area contributed by atoms with E-state index in [1.807, 2.05) is 10.6 Å². The standard InChI is InChI=1S/C21H27N7O7S/c1-11(29)22-9-10-23-17(31)16-15(26-19(36-16)24-12(2)30)8-5-13-3-6-14(7-4-13)25-18(27-20(32)33)28-21(34)35/h3-4,6-7,18,25,27-28H,5,8-10H2,1-2H3,(H,22,29)(H,23,31)(H,32,33)(H,34,35)(H,24,26,30)/p-2. The molecule has 1 aromatic carbocycles. The third-order valence-corrected chi connectivity index (χ3v) is 5.42. The van der Waals surface area contributed by atoms with Gasteiger partial charge in [0.2, 0.25) is 11.8 Å². The number of thiazole rings is 1. The van der Waals surface area contributed by atoms with Gasteiger partial charge in [-0.2, -0.15) is 0 Å². The smallest absolute Gasteiger partial charge is 0.263 e. The molecule has 194 valence electrons. The molecule has 6 N–H and O–H groups in total. The first-order valence-electron chi connectivity index (χ1n) is 10.6. The lowest BCUT2D eigenvalue weighted by molar-refractivity contribution is -0.255. The van der Waals surface area contributed by atoms with Crippen molar-refractivity contribution in [3.8, 4) is 0 Å². The number of anilines is 2. The van der Waals surface area contributed by atoms with E-state index in [0.717, 1.165) is 16.9 Å². The Hall–Kier alpha value is -4.40. The van der Waals surface area contributed by atoms with Gasteiger partial charge in [0, 0.05) is 32.6 Å². The van der Waals surface area contributed by atoms with Crippen molar-refractivity contribution in [2.24, 2.45) is 0 Å². The lowest BCUT2D eigenvalue weighted by Crippen LogP contribution is -2.58. The van der Waals surface area contributed by atoms with Gasteiger partial charge in [0.25, 0.3) is 5.91 Å². The van der Waals surface area contributed by atoms with Crippen molar-refractivity contribution >= 4 is 52.1 Å². The van der Waals surface area contributed by atoms with E-state index in [-0.39, 0.29) is 35.9 Å². The lowest BCUT2D eigenvalue weighted by Gasteiger charge is -2.24. The highest BCUT2D eigenvalue weighted by molar-refractivity contribution is 7.17. The van der Waals surface area contributed by atoms with Crippen molar-refractivity contribution in [3.63, 3.8) is 0 Å². The van der Waals surface area contributed by atoms with Crippen LogP contribution >= 0.6 is 11.3 Å². The molecule has 0 saturated carbocycles. The summed E-state index contributed by atoms with van der Waals surface area (Å²) >= 11 is 1.04. The van der Waals surface area contributed by atoms with Crippen molar-refractivity contribution in [1.29, 1.82) is 0 Å². The first kappa shape index (κ1) is 27.8. The van der Waals surface area contributed by atoms with Gasteiger partial charge in [-0.3, -0.25) is 14.4 Å². The molecule has 1 heterocycles. The highest BCUT2D eigenvalue weighted by Crippen LogP contribution is 2.25. The largest absolute Gasteiger partial charge is 0.530 e. The Labute approximate surface area is 209 Å².